The number of ether oxygens (including phenoxy) is 1. The molecule has 4 aromatic rings. The van der Waals surface area contributed by atoms with Gasteiger partial charge >= 0.3 is 0 Å². The number of hydrogen-bond acceptors (Lipinski definition) is 5. The van der Waals surface area contributed by atoms with Crippen LogP contribution in [0.15, 0.2) is 107 Å². The van der Waals surface area contributed by atoms with Crippen LogP contribution < -0.4 is 4.74 Å². The molecule has 190 valence electrons. The summed E-state index contributed by atoms with van der Waals surface area (Å²) in [5, 5.41) is 11.5. The summed E-state index contributed by atoms with van der Waals surface area (Å²) in [5.41, 5.74) is 3.80. The van der Waals surface area contributed by atoms with Gasteiger partial charge in [-0.15, -0.1) is 0 Å². The summed E-state index contributed by atoms with van der Waals surface area (Å²) in [6, 6.07) is 25.4. The van der Waals surface area contributed by atoms with Gasteiger partial charge in [-0.2, -0.15) is 0 Å². The van der Waals surface area contributed by atoms with Gasteiger partial charge in [0, 0.05) is 29.0 Å². The summed E-state index contributed by atoms with van der Waals surface area (Å²) in [6.07, 6.45) is 3.32. The molecule has 0 unspecified atom stereocenters. The zero-order chi connectivity index (χ0) is 26.6. The van der Waals surface area contributed by atoms with Crippen molar-refractivity contribution in [1.29, 1.82) is 0 Å². The Morgan fingerprint density at radius 1 is 0.974 bits per heavy atom. The maximum atomic E-state index is 13.4. The second-order valence-electron chi connectivity index (χ2n) is 9.09. The van der Waals surface area contributed by atoms with Gasteiger partial charge in [0.2, 0.25) is 0 Å². The van der Waals surface area contributed by atoms with Crippen LogP contribution in [0.1, 0.15) is 33.9 Å². The topological polar surface area (TPSA) is 79.7 Å². The van der Waals surface area contributed by atoms with E-state index in [0.29, 0.717) is 17.9 Å². The molecule has 7 heteroatoms. The van der Waals surface area contributed by atoms with E-state index in [0.717, 1.165) is 26.7 Å². The molecule has 1 fully saturated rings. The van der Waals surface area contributed by atoms with E-state index in [9.17, 15) is 14.7 Å². The first kappa shape index (κ1) is 25.4. The number of aliphatic hydroxyl groups is 1. The minimum Gasteiger partial charge on any atom is -0.507 e. The highest BCUT2D eigenvalue weighted by molar-refractivity contribution is 9.10. The minimum atomic E-state index is -0.753. The zero-order valence-electron chi connectivity index (χ0n) is 20.7. The largest absolute Gasteiger partial charge is 0.507 e. The molecule has 6 nitrogen and oxygen atoms in total. The number of nitrogens with zero attached hydrogens (tertiary/aromatic N) is 2. The van der Waals surface area contributed by atoms with Gasteiger partial charge in [0.05, 0.1) is 11.6 Å². The molecule has 1 aliphatic rings. The van der Waals surface area contributed by atoms with Crippen LogP contribution in [0.5, 0.6) is 5.75 Å². The predicted molar refractivity (Wildman–Crippen MR) is 148 cm³/mol. The Hall–Kier alpha value is -4.23. The number of carbonyl (C=O) groups is 2. The number of aliphatic hydroxyl groups excluding tert-OH is 1. The molecule has 0 bridgehead atoms. The van der Waals surface area contributed by atoms with Crippen LogP contribution in [0.4, 0.5) is 0 Å². The molecule has 1 atom stereocenters. The second kappa shape index (κ2) is 11.0. The fourth-order valence-corrected chi connectivity index (χ4v) is 4.87. The average Bonchev–Trinajstić information content (AvgIpc) is 3.18. The number of benzene rings is 3. The summed E-state index contributed by atoms with van der Waals surface area (Å²) in [6.45, 7) is 2.43. The predicted octanol–water partition coefficient (Wildman–Crippen LogP) is 6.35. The van der Waals surface area contributed by atoms with Crippen LogP contribution in [0.3, 0.4) is 0 Å². The van der Waals surface area contributed by atoms with E-state index in [4.69, 9.17) is 4.74 Å². The Balaban J connectivity index is 1.52. The van der Waals surface area contributed by atoms with Gasteiger partial charge in [0.15, 0.2) is 0 Å². The van der Waals surface area contributed by atoms with Crippen molar-refractivity contribution in [2.24, 2.45) is 0 Å². The molecular formula is C31H25BrN2O4. The molecule has 5 rings (SSSR count). The van der Waals surface area contributed by atoms with E-state index in [-0.39, 0.29) is 17.9 Å². The Kier molecular flexibility index (Phi) is 7.38. The van der Waals surface area contributed by atoms with Crippen LogP contribution in [-0.4, -0.2) is 26.7 Å². The van der Waals surface area contributed by atoms with Crippen LogP contribution >= 0.6 is 15.9 Å². The van der Waals surface area contributed by atoms with E-state index in [1.54, 1.807) is 30.6 Å². The number of rotatable bonds is 7. The van der Waals surface area contributed by atoms with Gasteiger partial charge in [-0.05, 0) is 65.6 Å². The highest BCUT2D eigenvalue weighted by atomic mass is 79.9. The Bertz CT molecular complexity index is 1500. The molecule has 0 saturated carbocycles. The Morgan fingerprint density at radius 2 is 1.71 bits per heavy atom. The van der Waals surface area contributed by atoms with E-state index in [1.807, 2.05) is 73.7 Å². The first-order valence-corrected chi connectivity index (χ1v) is 12.9. The highest BCUT2D eigenvalue weighted by Gasteiger charge is 2.46. The van der Waals surface area contributed by atoms with Crippen molar-refractivity contribution in [3.05, 3.63) is 135 Å². The molecule has 3 aromatic carbocycles. The lowest BCUT2D eigenvalue weighted by molar-refractivity contribution is -0.140. The maximum Gasteiger partial charge on any atom is 0.295 e. The average molecular weight is 569 g/mol. The second-order valence-corrected chi connectivity index (χ2v) is 10.0. The smallest absolute Gasteiger partial charge is 0.295 e. The standard InChI is InChI=1S/C31H25BrN2O4/c1-20-16-25(38-19-21-6-3-2-4-7-21)13-14-26(20)29(35)27-28(23-9-11-24(32)12-10-23)34(31(37)30(27)36)18-22-8-5-15-33-17-22/h2-17,28,35H,18-19H2,1H3/t28-/m1/s1. The monoisotopic (exact) mass is 568 g/mol. The Labute approximate surface area is 229 Å². The first-order chi connectivity index (χ1) is 18.4. The van der Waals surface area contributed by atoms with Gasteiger partial charge in [0.25, 0.3) is 11.7 Å². The fourth-order valence-electron chi connectivity index (χ4n) is 4.60. The number of pyridine rings is 1. The number of amides is 1. The molecule has 0 spiro atoms. The number of carbonyl (C=O) groups excluding carboxylic acids is 2. The number of aryl methyl sites for hydroxylation is 1. The van der Waals surface area contributed by atoms with Crippen molar-refractivity contribution in [3.8, 4) is 5.75 Å². The van der Waals surface area contributed by atoms with Gasteiger partial charge in [-0.3, -0.25) is 14.6 Å². The lowest BCUT2D eigenvalue weighted by Crippen LogP contribution is -2.29. The SMILES string of the molecule is Cc1cc(OCc2ccccc2)ccc1C(O)=C1C(=O)C(=O)N(Cc2cccnc2)[C@@H]1c1ccc(Br)cc1. The molecule has 0 radical (unpaired) electrons. The van der Waals surface area contributed by atoms with Crippen molar-refractivity contribution < 1.29 is 19.4 Å². The summed E-state index contributed by atoms with van der Waals surface area (Å²) in [5.74, 6) is -0.951. The van der Waals surface area contributed by atoms with Crippen molar-refractivity contribution in [2.45, 2.75) is 26.1 Å². The van der Waals surface area contributed by atoms with Gasteiger partial charge in [-0.25, -0.2) is 0 Å². The molecule has 38 heavy (non-hydrogen) atoms. The molecule has 1 aromatic heterocycles. The quantitative estimate of drug-likeness (QED) is 0.159. The normalized spacial score (nSPS) is 16.6. The number of likely N-dealkylation sites (tertiary alicyclic amines) is 1. The number of halogens is 1. The van der Waals surface area contributed by atoms with E-state index in [2.05, 4.69) is 20.9 Å². The van der Waals surface area contributed by atoms with Gasteiger partial charge in [-0.1, -0.05) is 64.5 Å². The van der Waals surface area contributed by atoms with E-state index >= 15 is 0 Å². The lowest BCUT2D eigenvalue weighted by atomic mass is 9.94. The van der Waals surface area contributed by atoms with E-state index < -0.39 is 17.7 Å². The molecule has 1 N–H and O–H groups in total. The third-order valence-electron chi connectivity index (χ3n) is 6.50. The van der Waals surface area contributed by atoms with Crippen LogP contribution in [-0.2, 0) is 22.7 Å². The number of aromatic nitrogens is 1. The number of ketones is 1. The minimum absolute atomic E-state index is 0.0577. The number of hydrogen-bond donors (Lipinski definition) is 1. The van der Waals surface area contributed by atoms with Crippen molar-refractivity contribution in [1.82, 2.24) is 9.88 Å². The molecule has 1 aliphatic heterocycles. The molecular weight excluding hydrogens is 544 g/mol. The maximum absolute atomic E-state index is 13.4. The van der Waals surface area contributed by atoms with Gasteiger partial charge < -0.3 is 14.7 Å². The third-order valence-corrected chi connectivity index (χ3v) is 7.03. The van der Waals surface area contributed by atoms with Crippen LogP contribution in [0, 0.1) is 6.92 Å². The van der Waals surface area contributed by atoms with Crippen molar-refractivity contribution in [2.75, 3.05) is 0 Å². The summed E-state index contributed by atoms with van der Waals surface area (Å²) in [4.78, 5) is 32.2. The van der Waals surface area contributed by atoms with E-state index in [1.165, 1.54) is 4.90 Å². The lowest BCUT2D eigenvalue weighted by Gasteiger charge is -2.25. The van der Waals surface area contributed by atoms with Crippen LogP contribution in [0.2, 0.25) is 0 Å². The van der Waals surface area contributed by atoms with Gasteiger partial charge in [0.1, 0.15) is 18.1 Å². The van der Waals surface area contributed by atoms with Crippen molar-refractivity contribution in [3.63, 3.8) is 0 Å². The number of Topliss-reactive ketones (excluding diaryl/α,β-unsaturated/α-hetero) is 1. The summed E-state index contributed by atoms with van der Waals surface area (Å²) < 4.78 is 6.79. The fraction of sp³-hybridized carbons (Fsp3) is 0.129. The molecule has 1 saturated heterocycles. The third kappa shape index (κ3) is 5.24. The zero-order valence-corrected chi connectivity index (χ0v) is 22.3. The Morgan fingerprint density at radius 3 is 2.39 bits per heavy atom. The highest BCUT2D eigenvalue weighted by Crippen LogP contribution is 2.41. The van der Waals surface area contributed by atoms with Crippen LogP contribution in [0.25, 0.3) is 5.76 Å². The molecule has 2 heterocycles. The molecule has 0 aliphatic carbocycles. The van der Waals surface area contributed by atoms with Crippen molar-refractivity contribution >= 4 is 33.4 Å². The summed E-state index contributed by atoms with van der Waals surface area (Å²) in [7, 11) is 0. The first-order valence-electron chi connectivity index (χ1n) is 12.1. The summed E-state index contributed by atoms with van der Waals surface area (Å²) >= 11 is 3.44. The molecule has 1 amide bonds.